The first-order valence-electron chi connectivity index (χ1n) is 7.05. The van der Waals surface area contributed by atoms with Gasteiger partial charge in [0.25, 0.3) is 5.69 Å². The number of carbonyl (C=O) groups excluding carboxylic acids is 2. The van der Waals surface area contributed by atoms with E-state index in [1.54, 1.807) is 24.3 Å². The van der Waals surface area contributed by atoms with E-state index in [0.717, 1.165) is 17.7 Å². The highest BCUT2D eigenvalue weighted by molar-refractivity contribution is 6.31. The molecule has 0 bridgehead atoms. The minimum absolute atomic E-state index is 0.157. The Labute approximate surface area is 143 Å². The summed E-state index contributed by atoms with van der Waals surface area (Å²) in [5.74, 6) is -1.37. The van der Waals surface area contributed by atoms with Crippen LogP contribution >= 0.6 is 11.6 Å². The summed E-state index contributed by atoms with van der Waals surface area (Å²) in [6.07, 6.45) is -1.08. The Balaban J connectivity index is 2.20. The molecule has 0 aliphatic carbocycles. The van der Waals surface area contributed by atoms with E-state index in [1.807, 2.05) is 6.92 Å². The summed E-state index contributed by atoms with van der Waals surface area (Å²) in [5.41, 5.74) is 0.655. The zero-order valence-corrected chi connectivity index (χ0v) is 13.7. The molecular weight excluding hydrogens is 334 g/mol. The van der Waals surface area contributed by atoms with Crippen LogP contribution in [0.1, 0.15) is 33.2 Å². The molecule has 0 saturated carbocycles. The van der Waals surface area contributed by atoms with Crippen LogP contribution in [0.25, 0.3) is 0 Å². The quantitative estimate of drug-likeness (QED) is 0.353. The van der Waals surface area contributed by atoms with Gasteiger partial charge in [0, 0.05) is 16.7 Å². The van der Waals surface area contributed by atoms with Crippen molar-refractivity contribution in [1.82, 2.24) is 0 Å². The van der Waals surface area contributed by atoms with E-state index in [-0.39, 0.29) is 10.6 Å². The number of hydrogen-bond acceptors (Lipinski definition) is 5. The Morgan fingerprint density at radius 2 is 1.79 bits per heavy atom. The maximum atomic E-state index is 12.3. The summed E-state index contributed by atoms with van der Waals surface area (Å²) < 4.78 is 5.08. The summed E-state index contributed by atoms with van der Waals surface area (Å²) in [7, 11) is 0. The van der Waals surface area contributed by atoms with Crippen LogP contribution in [-0.4, -0.2) is 22.8 Å². The van der Waals surface area contributed by atoms with Gasteiger partial charge in [-0.1, -0.05) is 41.4 Å². The Morgan fingerprint density at radius 3 is 2.38 bits per heavy atom. The zero-order valence-electron chi connectivity index (χ0n) is 13.0. The number of nitro groups is 1. The molecule has 2 aromatic rings. The molecule has 0 spiro atoms. The van der Waals surface area contributed by atoms with Gasteiger partial charge in [0.15, 0.2) is 6.10 Å². The topological polar surface area (TPSA) is 86.5 Å². The van der Waals surface area contributed by atoms with Crippen LogP contribution in [0, 0.1) is 17.0 Å². The van der Waals surface area contributed by atoms with Crippen molar-refractivity contribution in [3.05, 3.63) is 74.3 Å². The SMILES string of the molecule is Cc1ccc(C(=O)C(C)OC(=O)c2cc(Cl)ccc2[N+](=O)[O-])cc1. The first-order chi connectivity index (χ1) is 11.3. The van der Waals surface area contributed by atoms with Crippen LogP contribution in [0.2, 0.25) is 5.02 Å². The van der Waals surface area contributed by atoms with Crippen molar-refractivity contribution in [2.24, 2.45) is 0 Å². The number of ether oxygens (including phenoxy) is 1. The van der Waals surface area contributed by atoms with E-state index >= 15 is 0 Å². The fourth-order valence-electron chi connectivity index (χ4n) is 2.06. The average molecular weight is 348 g/mol. The normalized spacial score (nSPS) is 11.6. The van der Waals surface area contributed by atoms with Crippen LogP contribution in [-0.2, 0) is 4.74 Å². The fourth-order valence-corrected chi connectivity index (χ4v) is 2.23. The monoisotopic (exact) mass is 347 g/mol. The number of hydrogen-bond donors (Lipinski definition) is 0. The van der Waals surface area contributed by atoms with E-state index in [0.29, 0.717) is 5.56 Å². The molecule has 0 heterocycles. The van der Waals surface area contributed by atoms with Crippen LogP contribution in [0.4, 0.5) is 5.69 Å². The van der Waals surface area contributed by atoms with Crippen molar-refractivity contribution in [1.29, 1.82) is 0 Å². The summed E-state index contributed by atoms with van der Waals surface area (Å²) >= 11 is 5.78. The first-order valence-corrected chi connectivity index (χ1v) is 7.43. The van der Waals surface area contributed by atoms with Gasteiger partial charge in [-0.05, 0) is 26.0 Å². The number of aryl methyl sites for hydroxylation is 1. The van der Waals surface area contributed by atoms with E-state index in [4.69, 9.17) is 16.3 Å². The van der Waals surface area contributed by atoms with Crippen LogP contribution in [0.3, 0.4) is 0 Å². The number of nitro benzene ring substituents is 1. The number of Topliss-reactive ketones (excluding diaryl/α,β-unsaturated/α-hetero) is 1. The lowest BCUT2D eigenvalue weighted by Gasteiger charge is -2.12. The molecule has 0 radical (unpaired) electrons. The Bertz CT molecular complexity index is 801. The van der Waals surface area contributed by atoms with Crippen LogP contribution in [0.5, 0.6) is 0 Å². The van der Waals surface area contributed by atoms with Gasteiger partial charge in [0.1, 0.15) is 5.56 Å². The number of ketones is 1. The lowest BCUT2D eigenvalue weighted by molar-refractivity contribution is -0.385. The first kappa shape index (κ1) is 17.6. The lowest BCUT2D eigenvalue weighted by Crippen LogP contribution is -2.24. The molecular formula is C17H14ClNO5. The second-order valence-corrected chi connectivity index (χ2v) is 5.63. The van der Waals surface area contributed by atoms with Crippen molar-refractivity contribution in [3.63, 3.8) is 0 Å². The number of carbonyl (C=O) groups is 2. The van der Waals surface area contributed by atoms with Gasteiger partial charge in [-0.25, -0.2) is 4.79 Å². The highest BCUT2D eigenvalue weighted by Crippen LogP contribution is 2.24. The van der Waals surface area contributed by atoms with Crippen molar-refractivity contribution >= 4 is 29.0 Å². The molecule has 0 aromatic heterocycles. The molecule has 0 aliphatic heterocycles. The van der Waals surface area contributed by atoms with Crippen molar-refractivity contribution in [3.8, 4) is 0 Å². The van der Waals surface area contributed by atoms with Gasteiger partial charge in [-0.2, -0.15) is 0 Å². The summed E-state index contributed by atoms with van der Waals surface area (Å²) in [6.45, 7) is 3.30. The predicted octanol–water partition coefficient (Wildman–Crippen LogP) is 3.98. The van der Waals surface area contributed by atoms with Crippen molar-refractivity contribution in [2.45, 2.75) is 20.0 Å². The largest absolute Gasteiger partial charge is 0.450 e. The summed E-state index contributed by atoms with van der Waals surface area (Å²) in [5, 5.41) is 11.2. The van der Waals surface area contributed by atoms with Gasteiger partial charge in [-0.15, -0.1) is 0 Å². The molecule has 6 nitrogen and oxygen atoms in total. The predicted molar refractivity (Wildman–Crippen MR) is 88.5 cm³/mol. The summed E-state index contributed by atoms with van der Waals surface area (Å²) in [4.78, 5) is 34.7. The number of benzene rings is 2. The van der Waals surface area contributed by atoms with Crippen LogP contribution < -0.4 is 0 Å². The van der Waals surface area contributed by atoms with E-state index in [1.165, 1.54) is 13.0 Å². The third-order valence-corrected chi connectivity index (χ3v) is 3.60. The van der Waals surface area contributed by atoms with Gasteiger partial charge in [-0.3, -0.25) is 14.9 Å². The van der Waals surface area contributed by atoms with Gasteiger partial charge in [0.05, 0.1) is 4.92 Å². The molecule has 1 atom stereocenters. The van der Waals surface area contributed by atoms with Crippen molar-refractivity contribution in [2.75, 3.05) is 0 Å². The average Bonchev–Trinajstić information content (AvgIpc) is 2.54. The number of esters is 1. The van der Waals surface area contributed by atoms with E-state index in [2.05, 4.69) is 0 Å². The third-order valence-electron chi connectivity index (χ3n) is 3.36. The zero-order chi connectivity index (χ0) is 17.9. The van der Waals surface area contributed by atoms with Gasteiger partial charge < -0.3 is 4.74 Å². The van der Waals surface area contributed by atoms with Gasteiger partial charge >= 0.3 is 5.97 Å². The molecule has 0 aliphatic rings. The number of halogens is 1. The molecule has 0 fully saturated rings. The van der Waals surface area contributed by atoms with E-state index < -0.39 is 28.5 Å². The maximum absolute atomic E-state index is 12.3. The molecule has 7 heteroatoms. The van der Waals surface area contributed by atoms with Gasteiger partial charge in [0.2, 0.25) is 5.78 Å². The second-order valence-electron chi connectivity index (χ2n) is 5.20. The highest BCUT2D eigenvalue weighted by atomic mass is 35.5. The molecule has 124 valence electrons. The maximum Gasteiger partial charge on any atom is 0.345 e. The number of rotatable bonds is 5. The summed E-state index contributed by atoms with van der Waals surface area (Å²) in [6, 6.07) is 10.4. The number of nitrogens with zero attached hydrogens (tertiary/aromatic N) is 1. The molecule has 0 N–H and O–H groups in total. The standard InChI is InChI=1S/C17H14ClNO5/c1-10-3-5-12(6-4-10)16(20)11(2)24-17(21)14-9-13(18)7-8-15(14)19(22)23/h3-9,11H,1-2H3. The minimum Gasteiger partial charge on any atom is -0.450 e. The Morgan fingerprint density at radius 1 is 1.17 bits per heavy atom. The minimum atomic E-state index is -1.08. The Kier molecular flexibility index (Phi) is 5.31. The van der Waals surface area contributed by atoms with Crippen molar-refractivity contribution < 1.29 is 19.2 Å². The highest BCUT2D eigenvalue weighted by Gasteiger charge is 2.26. The van der Waals surface area contributed by atoms with E-state index in [9.17, 15) is 19.7 Å². The Hall–Kier alpha value is -2.73. The lowest BCUT2D eigenvalue weighted by atomic mass is 10.1. The van der Waals surface area contributed by atoms with Crippen LogP contribution in [0.15, 0.2) is 42.5 Å². The molecule has 0 saturated heterocycles. The second kappa shape index (κ2) is 7.23. The molecule has 1 unspecified atom stereocenters. The molecule has 24 heavy (non-hydrogen) atoms. The third kappa shape index (κ3) is 3.97. The molecule has 2 aromatic carbocycles. The fraction of sp³-hybridized carbons (Fsp3) is 0.176. The molecule has 2 rings (SSSR count). The molecule has 0 amide bonds. The smallest absolute Gasteiger partial charge is 0.345 e.